The van der Waals surface area contributed by atoms with E-state index < -0.39 is 36.3 Å². The first-order valence-electron chi connectivity index (χ1n) is 23.7. The highest BCUT2D eigenvalue weighted by molar-refractivity contribution is 6.23. The summed E-state index contributed by atoms with van der Waals surface area (Å²) in [5.41, 5.74) is 5.11. The highest BCUT2D eigenvalue weighted by Crippen LogP contribution is 2.47. The number of benzene rings is 10. The van der Waals surface area contributed by atoms with E-state index >= 15 is 0 Å². The Morgan fingerprint density at radius 2 is 1.09 bits per heavy atom. The minimum atomic E-state index is -0.491. The number of anilines is 3. The van der Waals surface area contributed by atoms with Gasteiger partial charge in [0.05, 0.1) is 30.4 Å². The van der Waals surface area contributed by atoms with E-state index in [1.54, 1.807) is 9.47 Å². The van der Waals surface area contributed by atoms with Crippen molar-refractivity contribution in [2.24, 2.45) is 0 Å². The molecule has 0 aliphatic carbocycles. The Hall–Kier alpha value is -7.62. The van der Waals surface area contributed by atoms with Gasteiger partial charge < -0.3 is 13.9 Å². The van der Waals surface area contributed by atoms with Gasteiger partial charge in [-0.1, -0.05) is 139 Å². The van der Waals surface area contributed by atoms with Gasteiger partial charge in [0.15, 0.2) is 5.58 Å². The summed E-state index contributed by atoms with van der Waals surface area (Å²) in [6.45, 7) is 0. The van der Waals surface area contributed by atoms with E-state index in [4.69, 9.17) is 15.4 Å². The maximum Gasteiger partial charge on any atom is 0.160 e. The second-order valence-corrected chi connectivity index (χ2v) is 14.2. The van der Waals surface area contributed by atoms with E-state index in [2.05, 4.69) is 18.2 Å². The van der Waals surface area contributed by atoms with Crippen LogP contribution in [0.25, 0.3) is 92.9 Å². The molecule has 57 heavy (non-hydrogen) atoms. The molecule has 266 valence electrons. The molecule has 0 amide bonds. The van der Waals surface area contributed by atoms with Crippen LogP contribution < -0.4 is 4.90 Å². The van der Waals surface area contributed by atoms with E-state index in [1.807, 2.05) is 127 Å². The minimum absolute atomic E-state index is 0.0221. The molecular formula is C54H34N2O. The third-order valence-corrected chi connectivity index (χ3v) is 11.1. The monoisotopic (exact) mass is 736 g/mol. The lowest BCUT2D eigenvalue weighted by Gasteiger charge is -2.26. The molecule has 2 heterocycles. The molecule has 0 unspecified atom stereocenters. The van der Waals surface area contributed by atoms with E-state index in [1.165, 1.54) is 0 Å². The van der Waals surface area contributed by atoms with Crippen molar-refractivity contribution in [3.05, 3.63) is 206 Å². The zero-order valence-electron chi connectivity index (χ0n) is 40.2. The van der Waals surface area contributed by atoms with Crippen LogP contribution in [0.4, 0.5) is 17.1 Å². The fourth-order valence-electron chi connectivity index (χ4n) is 8.57. The average Bonchev–Trinajstić information content (AvgIpc) is 3.91. The summed E-state index contributed by atoms with van der Waals surface area (Å²) < 4.78 is 96.3. The quantitative estimate of drug-likeness (QED) is 0.164. The van der Waals surface area contributed by atoms with Crippen molar-refractivity contribution in [2.45, 2.75) is 0 Å². The van der Waals surface area contributed by atoms with E-state index in [0.717, 1.165) is 65.0 Å². The van der Waals surface area contributed by atoms with Crippen LogP contribution in [0.3, 0.4) is 0 Å². The van der Waals surface area contributed by atoms with Gasteiger partial charge >= 0.3 is 0 Å². The smallest absolute Gasteiger partial charge is 0.160 e. The van der Waals surface area contributed by atoms with Crippen molar-refractivity contribution in [1.29, 1.82) is 0 Å². The van der Waals surface area contributed by atoms with Gasteiger partial charge in [-0.3, -0.25) is 0 Å². The molecule has 0 saturated heterocycles. The largest absolute Gasteiger partial charge is 0.454 e. The number of hydrogen-bond acceptors (Lipinski definition) is 2. The maximum absolute atomic E-state index is 9.28. The van der Waals surface area contributed by atoms with Gasteiger partial charge in [0, 0.05) is 38.6 Å². The predicted octanol–water partition coefficient (Wildman–Crippen LogP) is 15.3. The summed E-state index contributed by atoms with van der Waals surface area (Å²) in [5.74, 6) is 0. The fraction of sp³-hybridized carbons (Fsp3) is 0. The minimum Gasteiger partial charge on any atom is -0.454 e. The molecule has 3 nitrogen and oxygen atoms in total. The van der Waals surface area contributed by atoms with Crippen molar-refractivity contribution in [3.8, 4) is 16.8 Å². The number of nitrogens with zero attached hydrogens (tertiary/aromatic N) is 2. The zero-order valence-corrected chi connectivity index (χ0v) is 30.2. The highest BCUT2D eigenvalue weighted by Gasteiger charge is 2.23. The van der Waals surface area contributed by atoms with Gasteiger partial charge in [0.1, 0.15) is 5.58 Å². The van der Waals surface area contributed by atoms with Gasteiger partial charge in [0.2, 0.25) is 0 Å². The van der Waals surface area contributed by atoms with Crippen molar-refractivity contribution >= 4 is 93.1 Å². The Labute approximate surface area is 342 Å². The molecule has 10 aromatic carbocycles. The van der Waals surface area contributed by atoms with Gasteiger partial charge in [-0.2, -0.15) is 0 Å². The molecule has 12 aromatic rings. The average molecular weight is 737 g/mol. The van der Waals surface area contributed by atoms with Gasteiger partial charge in [-0.25, -0.2) is 0 Å². The molecular weight excluding hydrogens is 693 g/mol. The molecule has 0 spiro atoms. The summed E-state index contributed by atoms with van der Waals surface area (Å²) in [7, 11) is 0. The van der Waals surface area contributed by atoms with E-state index in [-0.39, 0.29) is 35.5 Å². The zero-order chi connectivity index (χ0) is 46.2. The maximum atomic E-state index is 9.28. The van der Waals surface area contributed by atoms with Crippen molar-refractivity contribution in [3.63, 3.8) is 0 Å². The number of aromatic nitrogens is 1. The van der Waals surface area contributed by atoms with Gasteiger partial charge in [-0.15, -0.1) is 0 Å². The molecule has 12 rings (SSSR count). The third kappa shape index (κ3) is 4.92. The van der Waals surface area contributed by atoms with E-state index in [0.29, 0.717) is 33.6 Å². The first-order valence-corrected chi connectivity index (χ1v) is 18.7. The van der Waals surface area contributed by atoms with Crippen molar-refractivity contribution in [1.82, 2.24) is 4.57 Å². The van der Waals surface area contributed by atoms with Crippen LogP contribution in [-0.4, -0.2) is 4.57 Å². The van der Waals surface area contributed by atoms with Gasteiger partial charge in [0.25, 0.3) is 0 Å². The van der Waals surface area contributed by atoms with Crippen LogP contribution >= 0.6 is 0 Å². The van der Waals surface area contributed by atoms with Crippen molar-refractivity contribution in [2.75, 3.05) is 4.90 Å². The summed E-state index contributed by atoms with van der Waals surface area (Å²) in [6, 6.07) is 43.4. The lowest BCUT2D eigenvalue weighted by Crippen LogP contribution is -2.10. The lowest BCUT2D eigenvalue weighted by molar-refractivity contribution is 0.669. The molecule has 0 bridgehead atoms. The van der Waals surface area contributed by atoms with Crippen LogP contribution in [-0.2, 0) is 0 Å². The number of para-hydroxylation sites is 3. The molecule has 2 aromatic heterocycles. The SMILES string of the molecule is [2H]c1c([2H])c([2H])c(N(c2ccc3ccc4ccccc4c3c2)c2cc3ccccc3c3c2oc2ccc(-c4ccc5c6ccccc6n(-c6c([2H])c([2H])c([2H])c([2H])c6[2H])c5c4)cc23)c([2H])c1[2H]. The molecule has 0 radical (unpaired) electrons. The summed E-state index contributed by atoms with van der Waals surface area (Å²) in [6.07, 6.45) is 0. The Bertz CT molecular complexity index is 4080. The number of furan rings is 1. The number of fused-ring (bicyclic) bond motifs is 11. The molecule has 3 heteroatoms. The second-order valence-electron chi connectivity index (χ2n) is 14.2. The van der Waals surface area contributed by atoms with Crippen LogP contribution in [0, 0.1) is 0 Å². The number of rotatable bonds is 5. The van der Waals surface area contributed by atoms with Gasteiger partial charge in [-0.05, 0) is 110 Å². The van der Waals surface area contributed by atoms with Crippen LogP contribution in [0.2, 0.25) is 0 Å². The van der Waals surface area contributed by atoms with Crippen molar-refractivity contribution < 1.29 is 18.1 Å². The second kappa shape index (κ2) is 12.5. The predicted molar refractivity (Wildman–Crippen MR) is 241 cm³/mol. The molecule has 0 aliphatic rings. The molecule has 0 N–H and O–H groups in total. The lowest BCUT2D eigenvalue weighted by atomic mass is 9.98. The standard InChI is InChI=1S/C54H34N2O/c1-3-15-40(16-4-1)55(42-28-25-36-24-23-35-13-7-9-19-43(35)47(36)34-42)51-33-39-14-8-10-20-44(39)53-48-31-37(27-30-52(48)57-54(51)53)38-26-29-46-45-21-11-12-22-49(45)56(50(46)32-38)41-17-5-2-6-18-41/h1-34H/i1D,2D,3D,4D,5D,6D,15D,16D,17D,18D. The van der Waals surface area contributed by atoms with Crippen LogP contribution in [0.1, 0.15) is 13.7 Å². The van der Waals surface area contributed by atoms with E-state index in [9.17, 15) is 2.74 Å². The molecule has 0 atom stereocenters. The van der Waals surface area contributed by atoms with Crippen LogP contribution in [0.5, 0.6) is 0 Å². The topological polar surface area (TPSA) is 21.3 Å². The Balaban J connectivity index is 1.13. The first-order chi connectivity index (χ1) is 32.4. The highest BCUT2D eigenvalue weighted by atomic mass is 16.3. The normalized spacial score (nSPS) is 14.3. The Morgan fingerprint density at radius 3 is 1.93 bits per heavy atom. The molecule has 0 saturated carbocycles. The fourth-order valence-corrected chi connectivity index (χ4v) is 8.57. The number of hydrogen-bond donors (Lipinski definition) is 0. The molecule has 0 fully saturated rings. The Kier molecular flexibility index (Phi) is 5.10. The Morgan fingerprint density at radius 1 is 0.439 bits per heavy atom. The summed E-state index contributed by atoms with van der Waals surface area (Å²) >= 11 is 0. The molecule has 0 aliphatic heterocycles. The first kappa shape index (κ1) is 23.3. The third-order valence-electron chi connectivity index (χ3n) is 11.1. The summed E-state index contributed by atoms with van der Waals surface area (Å²) in [5, 5.41) is 8.96. The van der Waals surface area contributed by atoms with Crippen LogP contribution in [0.15, 0.2) is 210 Å². The summed E-state index contributed by atoms with van der Waals surface area (Å²) in [4.78, 5) is 1.73.